The molecule has 21 heavy (non-hydrogen) atoms. The number of ketones is 2. The molecule has 1 aromatic rings. The molecule has 1 aromatic carbocycles. The molecule has 4 nitrogen and oxygen atoms in total. The molecule has 0 amide bonds. The van der Waals surface area contributed by atoms with Crippen LogP contribution >= 0.6 is 0 Å². The quantitative estimate of drug-likeness (QED) is 0.735. The molecule has 0 spiro atoms. The van der Waals surface area contributed by atoms with Gasteiger partial charge in [0.05, 0.1) is 5.92 Å². The van der Waals surface area contributed by atoms with Crippen molar-refractivity contribution in [3.63, 3.8) is 0 Å². The Labute approximate surface area is 122 Å². The lowest BCUT2D eigenvalue weighted by molar-refractivity contribution is -0.222. The van der Waals surface area contributed by atoms with Crippen LogP contribution in [0, 0.1) is 11.8 Å². The number of carbonyl (C=O) groups excluding carboxylic acids is 2. The van der Waals surface area contributed by atoms with Gasteiger partial charge >= 0.3 is 0 Å². The average Bonchev–Trinajstić information content (AvgIpc) is 2.42. The highest BCUT2D eigenvalue weighted by atomic mass is 16.7. The van der Waals surface area contributed by atoms with Crippen LogP contribution in [0.2, 0.25) is 0 Å². The molecule has 0 radical (unpaired) electrons. The van der Waals surface area contributed by atoms with E-state index in [9.17, 15) is 9.59 Å². The molecule has 0 saturated heterocycles. The Morgan fingerprint density at radius 1 is 1.24 bits per heavy atom. The second-order valence-electron chi connectivity index (χ2n) is 6.29. The Morgan fingerprint density at radius 2 is 2.05 bits per heavy atom. The van der Waals surface area contributed by atoms with E-state index in [1.807, 2.05) is 26.0 Å². The van der Waals surface area contributed by atoms with Crippen molar-refractivity contribution in [1.82, 2.24) is 0 Å². The number of rotatable bonds is 0. The first kappa shape index (κ1) is 12.8. The molecule has 0 N–H and O–H groups in total. The third-order valence-electron chi connectivity index (χ3n) is 4.48. The van der Waals surface area contributed by atoms with Crippen molar-refractivity contribution in [2.45, 2.75) is 32.2 Å². The molecular weight excluding hydrogens is 268 g/mol. The zero-order valence-electron chi connectivity index (χ0n) is 12.0. The van der Waals surface area contributed by atoms with E-state index < -0.39 is 17.8 Å². The molecular formula is C17H16O4. The van der Waals surface area contributed by atoms with Crippen molar-refractivity contribution in [2.75, 3.05) is 0 Å². The molecule has 3 aliphatic rings. The number of hydrogen-bond donors (Lipinski definition) is 0. The standard InChI is InChI=1S/C17H16O4/c1-17(2)20-12-8-4-6-10-14(12)16(21-17)13-9(15(10)19)5-3-7-11(13)18/h3-4,6-9,13,16H,5H2,1-2H3/t9-,13-,16+/m0/s1. The van der Waals surface area contributed by atoms with E-state index in [0.717, 1.165) is 5.56 Å². The molecule has 3 atom stereocenters. The fourth-order valence-corrected chi connectivity index (χ4v) is 3.66. The van der Waals surface area contributed by atoms with Gasteiger partial charge in [-0.05, 0) is 18.6 Å². The molecule has 1 aliphatic heterocycles. The van der Waals surface area contributed by atoms with Gasteiger partial charge < -0.3 is 9.47 Å². The van der Waals surface area contributed by atoms with Crippen LogP contribution in [0.15, 0.2) is 30.4 Å². The van der Waals surface area contributed by atoms with Gasteiger partial charge in [0.25, 0.3) is 0 Å². The zero-order chi connectivity index (χ0) is 14.8. The van der Waals surface area contributed by atoms with Crippen molar-refractivity contribution in [1.29, 1.82) is 0 Å². The summed E-state index contributed by atoms with van der Waals surface area (Å²) in [5.41, 5.74) is 1.38. The molecule has 4 rings (SSSR count). The van der Waals surface area contributed by atoms with E-state index >= 15 is 0 Å². The summed E-state index contributed by atoms with van der Waals surface area (Å²) in [6.45, 7) is 3.66. The zero-order valence-corrected chi connectivity index (χ0v) is 12.0. The molecule has 0 bridgehead atoms. The van der Waals surface area contributed by atoms with E-state index in [2.05, 4.69) is 0 Å². The lowest BCUT2D eigenvalue weighted by atomic mass is 9.67. The van der Waals surface area contributed by atoms with Crippen molar-refractivity contribution >= 4 is 11.6 Å². The van der Waals surface area contributed by atoms with Gasteiger partial charge in [-0.15, -0.1) is 0 Å². The number of allylic oxidation sites excluding steroid dienone is 2. The SMILES string of the molecule is CC1(C)Oc2cccc3c2[C@H](O1)[C@@H]1C(=O)C=CC[C@@H]1C3=O. The molecule has 0 saturated carbocycles. The van der Waals surface area contributed by atoms with E-state index in [1.54, 1.807) is 18.2 Å². The largest absolute Gasteiger partial charge is 0.463 e. The Bertz CT molecular complexity index is 686. The summed E-state index contributed by atoms with van der Waals surface area (Å²) in [6.07, 6.45) is 3.56. The fourth-order valence-electron chi connectivity index (χ4n) is 3.66. The maximum absolute atomic E-state index is 12.7. The van der Waals surface area contributed by atoms with Gasteiger partial charge in [0.15, 0.2) is 11.6 Å². The Morgan fingerprint density at radius 3 is 2.86 bits per heavy atom. The van der Waals surface area contributed by atoms with Gasteiger partial charge in [0.2, 0.25) is 5.79 Å². The summed E-state index contributed by atoms with van der Waals surface area (Å²) in [5, 5.41) is 0. The molecule has 0 aromatic heterocycles. The van der Waals surface area contributed by atoms with Crippen LogP contribution in [0.4, 0.5) is 0 Å². The molecule has 108 valence electrons. The van der Waals surface area contributed by atoms with Gasteiger partial charge in [-0.3, -0.25) is 9.59 Å². The number of Topliss-reactive ketones (excluding diaryl/α,β-unsaturated/α-hetero) is 1. The summed E-state index contributed by atoms with van der Waals surface area (Å²) < 4.78 is 11.9. The van der Waals surface area contributed by atoms with Crippen molar-refractivity contribution in [3.8, 4) is 5.75 Å². The van der Waals surface area contributed by atoms with Crippen LogP contribution in [0.5, 0.6) is 5.75 Å². The van der Waals surface area contributed by atoms with Crippen LogP contribution in [0.3, 0.4) is 0 Å². The normalized spacial score (nSPS) is 32.2. The highest BCUT2D eigenvalue weighted by Gasteiger charge is 2.51. The van der Waals surface area contributed by atoms with Crippen molar-refractivity contribution < 1.29 is 19.1 Å². The summed E-state index contributed by atoms with van der Waals surface area (Å²) in [4.78, 5) is 25.0. The second-order valence-corrected chi connectivity index (χ2v) is 6.29. The lowest BCUT2D eigenvalue weighted by Crippen LogP contribution is -2.48. The molecule has 0 unspecified atom stereocenters. The highest BCUT2D eigenvalue weighted by Crippen LogP contribution is 2.51. The number of ether oxygens (including phenoxy) is 2. The Kier molecular flexibility index (Phi) is 2.46. The Balaban J connectivity index is 1.96. The van der Waals surface area contributed by atoms with Crippen molar-refractivity contribution in [2.24, 2.45) is 11.8 Å². The number of benzene rings is 1. The van der Waals surface area contributed by atoms with E-state index in [4.69, 9.17) is 9.47 Å². The minimum atomic E-state index is -0.803. The maximum atomic E-state index is 12.7. The predicted molar refractivity (Wildman–Crippen MR) is 75.0 cm³/mol. The summed E-state index contributed by atoms with van der Waals surface area (Å²) in [5.74, 6) is -0.894. The third kappa shape index (κ3) is 1.72. The van der Waals surface area contributed by atoms with Crippen LogP contribution in [-0.2, 0) is 9.53 Å². The molecule has 2 aliphatic carbocycles. The third-order valence-corrected chi connectivity index (χ3v) is 4.48. The first-order chi connectivity index (χ1) is 9.98. The van der Waals surface area contributed by atoms with Crippen LogP contribution in [-0.4, -0.2) is 17.4 Å². The average molecular weight is 284 g/mol. The van der Waals surface area contributed by atoms with E-state index in [1.165, 1.54) is 0 Å². The monoisotopic (exact) mass is 284 g/mol. The first-order valence-corrected chi connectivity index (χ1v) is 7.22. The topological polar surface area (TPSA) is 52.6 Å². The second kappa shape index (κ2) is 4.04. The minimum absolute atomic E-state index is 0.0252. The van der Waals surface area contributed by atoms with Crippen LogP contribution in [0.1, 0.15) is 42.3 Å². The number of hydrogen-bond acceptors (Lipinski definition) is 4. The van der Waals surface area contributed by atoms with Gasteiger partial charge in [0.1, 0.15) is 11.9 Å². The summed E-state index contributed by atoms with van der Waals surface area (Å²) >= 11 is 0. The van der Waals surface area contributed by atoms with Crippen LogP contribution < -0.4 is 4.74 Å². The van der Waals surface area contributed by atoms with Gasteiger partial charge in [-0.1, -0.05) is 18.2 Å². The molecule has 0 fully saturated rings. The number of fused-ring (bicyclic) bond motifs is 2. The Hall–Kier alpha value is -1.94. The van der Waals surface area contributed by atoms with Crippen molar-refractivity contribution in [3.05, 3.63) is 41.5 Å². The predicted octanol–water partition coefficient (Wildman–Crippen LogP) is 2.83. The first-order valence-electron chi connectivity index (χ1n) is 7.22. The van der Waals surface area contributed by atoms with Crippen LogP contribution in [0.25, 0.3) is 0 Å². The lowest BCUT2D eigenvalue weighted by Gasteiger charge is -2.46. The minimum Gasteiger partial charge on any atom is -0.463 e. The number of carbonyl (C=O) groups is 2. The van der Waals surface area contributed by atoms with E-state index in [-0.39, 0.29) is 17.5 Å². The smallest absolute Gasteiger partial charge is 0.205 e. The fraction of sp³-hybridized carbons (Fsp3) is 0.412. The van der Waals surface area contributed by atoms with Gasteiger partial charge in [-0.2, -0.15) is 0 Å². The molecule has 1 heterocycles. The van der Waals surface area contributed by atoms with Gasteiger partial charge in [-0.25, -0.2) is 0 Å². The molecule has 4 heteroatoms. The maximum Gasteiger partial charge on any atom is 0.205 e. The summed E-state index contributed by atoms with van der Waals surface area (Å²) in [7, 11) is 0. The van der Waals surface area contributed by atoms with Gasteiger partial charge in [0, 0.05) is 30.9 Å². The van der Waals surface area contributed by atoms with E-state index in [0.29, 0.717) is 17.7 Å². The highest BCUT2D eigenvalue weighted by molar-refractivity contribution is 6.07. The summed E-state index contributed by atoms with van der Waals surface area (Å²) in [6, 6.07) is 5.47.